The summed E-state index contributed by atoms with van der Waals surface area (Å²) >= 11 is 5.92. The molecule has 0 unspecified atom stereocenters. The first-order valence-corrected chi connectivity index (χ1v) is 8.89. The first kappa shape index (κ1) is 18.5. The van der Waals surface area contributed by atoms with Crippen LogP contribution in [-0.4, -0.2) is 23.9 Å². The summed E-state index contributed by atoms with van der Waals surface area (Å²) in [6.45, 7) is 6.06. The van der Waals surface area contributed by atoms with Gasteiger partial charge in [0.05, 0.1) is 0 Å². The standard InChI is InChI=1S/C20H25ClN2O/c1-3-14-23(15-4-2)19(16-8-6-5-7-9-16)20(24)22-18-12-10-17(21)11-13-18/h5-13,19H,3-4,14-15H2,1-2H3,(H,22,24)/t19-/m1/s1. The molecule has 24 heavy (non-hydrogen) atoms. The Hall–Kier alpha value is -1.84. The molecule has 0 aliphatic rings. The van der Waals surface area contributed by atoms with Crippen LogP contribution in [0.3, 0.4) is 0 Å². The highest BCUT2D eigenvalue weighted by Gasteiger charge is 2.26. The lowest BCUT2D eigenvalue weighted by Gasteiger charge is -2.30. The van der Waals surface area contributed by atoms with E-state index in [2.05, 4.69) is 24.1 Å². The van der Waals surface area contributed by atoms with Crippen molar-refractivity contribution in [2.24, 2.45) is 0 Å². The number of carbonyl (C=O) groups excluding carboxylic acids is 1. The van der Waals surface area contributed by atoms with Crippen LogP contribution < -0.4 is 5.32 Å². The van der Waals surface area contributed by atoms with E-state index >= 15 is 0 Å². The van der Waals surface area contributed by atoms with Gasteiger partial charge in [0.25, 0.3) is 0 Å². The summed E-state index contributed by atoms with van der Waals surface area (Å²) in [7, 11) is 0. The Kier molecular flexibility index (Phi) is 7.29. The van der Waals surface area contributed by atoms with Crippen LogP contribution in [0.15, 0.2) is 54.6 Å². The van der Waals surface area contributed by atoms with Crippen LogP contribution in [0.1, 0.15) is 38.3 Å². The summed E-state index contributed by atoms with van der Waals surface area (Å²) in [5.41, 5.74) is 1.78. The lowest BCUT2D eigenvalue weighted by molar-refractivity contribution is -0.121. The van der Waals surface area contributed by atoms with Crippen molar-refractivity contribution in [2.75, 3.05) is 18.4 Å². The minimum atomic E-state index is -0.290. The summed E-state index contributed by atoms with van der Waals surface area (Å²) in [5, 5.41) is 3.68. The minimum Gasteiger partial charge on any atom is -0.324 e. The molecule has 2 aromatic carbocycles. The molecule has 0 aliphatic carbocycles. The first-order valence-electron chi connectivity index (χ1n) is 8.51. The van der Waals surface area contributed by atoms with Gasteiger partial charge in [-0.2, -0.15) is 0 Å². The number of halogens is 1. The Morgan fingerprint density at radius 2 is 1.58 bits per heavy atom. The second-order valence-corrected chi connectivity index (χ2v) is 6.28. The van der Waals surface area contributed by atoms with Crippen molar-refractivity contribution in [3.8, 4) is 0 Å². The fourth-order valence-electron chi connectivity index (χ4n) is 2.85. The summed E-state index contributed by atoms with van der Waals surface area (Å²) < 4.78 is 0. The van der Waals surface area contributed by atoms with Crippen LogP contribution in [0.4, 0.5) is 5.69 Å². The maximum absolute atomic E-state index is 13.0. The molecule has 2 aromatic rings. The van der Waals surface area contributed by atoms with Gasteiger partial charge in [-0.3, -0.25) is 9.69 Å². The Balaban J connectivity index is 2.26. The van der Waals surface area contributed by atoms with Gasteiger partial charge in [-0.25, -0.2) is 0 Å². The quantitative estimate of drug-likeness (QED) is 0.719. The predicted octanol–water partition coefficient (Wildman–Crippen LogP) is 5.14. The number of amides is 1. The highest BCUT2D eigenvalue weighted by Crippen LogP contribution is 2.24. The molecule has 2 rings (SSSR count). The second-order valence-electron chi connectivity index (χ2n) is 5.85. The van der Waals surface area contributed by atoms with Crippen LogP contribution >= 0.6 is 11.6 Å². The van der Waals surface area contributed by atoms with E-state index in [4.69, 9.17) is 11.6 Å². The topological polar surface area (TPSA) is 32.3 Å². The van der Waals surface area contributed by atoms with E-state index in [0.29, 0.717) is 5.02 Å². The van der Waals surface area contributed by atoms with Gasteiger partial charge in [0.2, 0.25) is 5.91 Å². The predicted molar refractivity (Wildman–Crippen MR) is 101 cm³/mol. The fourth-order valence-corrected chi connectivity index (χ4v) is 2.98. The monoisotopic (exact) mass is 344 g/mol. The van der Waals surface area contributed by atoms with E-state index in [1.165, 1.54) is 0 Å². The minimum absolute atomic E-state index is 0.00887. The van der Waals surface area contributed by atoms with Gasteiger partial charge >= 0.3 is 0 Å². The normalized spacial score (nSPS) is 12.2. The zero-order chi connectivity index (χ0) is 17.4. The van der Waals surface area contributed by atoms with Gasteiger partial charge in [-0.05, 0) is 55.8 Å². The molecule has 3 nitrogen and oxygen atoms in total. The van der Waals surface area contributed by atoms with E-state index in [1.54, 1.807) is 12.1 Å². The van der Waals surface area contributed by atoms with Crippen LogP contribution in [0, 0.1) is 0 Å². The van der Waals surface area contributed by atoms with E-state index in [-0.39, 0.29) is 11.9 Å². The van der Waals surface area contributed by atoms with Gasteiger partial charge in [-0.1, -0.05) is 55.8 Å². The molecule has 1 N–H and O–H groups in total. The molecule has 0 spiro atoms. The molecule has 1 atom stereocenters. The van der Waals surface area contributed by atoms with E-state index in [1.807, 2.05) is 42.5 Å². The number of hydrogen-bond donors (Lipinski definition) is 1. The molecule has 1 amide bonds. The molecule has 0 radical (unpaired) electrons. The summed E-state index contributed by atoms with van der Waals surface area (Å²) in [6, 6.07) is 16.9. The van der Waals surface area contributed by atoms with Crippen LogP contribution in [0.25, 0.3) is 0 Å². The maximum Gasteiger partial charge on any atom is 0.246 e. The summed E-state index contributed by atoms with van der Waals surface area (Å²) in [6.07, 6.45) is 2.02. The van der Waals surface area contributed by atoms with E-state index in [0.717, 1.165) is 37.2 Å². The average molecular weight is 345 g/mol. The molecule has 4 heteroatoms. The highest BCUT2D eigenvalue weighted by molar-refractivity contribution is 6.30. The van der Waals surface area contributed by atoms with Crippen molar-refractivity contribution in [3.63, 3.8) is 0 Å². The first-order chi connectivity index (χ1) is 11.7. The van der Waals surface area contributed by atoms with Gasteiger partial charge in [-0.15, -0.1) is 0 Å². The van der Waals surface area contributed by atoms with Crippen molar-refractivity contribution in [1.82, 2.24) is 4.90 Å². The van der Waals surface area contributed by atoms with E-state index < -0.39 is 0 Å². The molecule has 128 valence electrons. The van der Waals surface area contributed by atoms with Gasteiger partial charge in [0.1, 0.15) is 6.04 Å². The summed E-state index contributed by atoms with van der Waals surface area (Å²) in [5.74, 6) is -0.00887. The zero-order valence-corrected chi connectivity index (χ0v) is 15.1. The van der Waals surface area contributed by atoms with Gasteiger partial charge in [0.15, 0.2) is 0 Å². The molecule has 0 aliphatic heterocycles. The lowest BCUT2D eigenvalue weighted by Crippen LogP contribution is -2.38. The highest BCUT2D eigenvalue weighted by atomic mass is 35.5. The molecule has 0 saturated heterocycles. The summed E-state index contributed by atoms with van der Waals surface area (Å²) in [4.78, 5) is 15.3. The average Bonchev–Trinajstić information content (AvgIpc) is 2.58. The largest absolute Gasteiger partial charge is 0.324 e. The third-order valence-electron chi connectivity index (χ3n) is 3.86. The second kappa shape index (κ2) is 9.45. The van der Waals surface area contributed by atoms with E-state index in [9.17, 15) is 4.79 Å². The third kappa shape index (κ3) is 5.08. The number of carbonyl (C=O) groups is 1. The van der Waals surface area contributed by atoms with Crippen LogP contribution in [-0.2, 0) is 4.79 Å². The van der Waals surface area contributed by atoms with Gasteiger partial charge < -0.3 is 5.32 Å². The number of hydrogen-bond acceptors (Lipinski definition) is 2. The smallest absolute Gasteiger partial charge is 0.246 e. The number of rotatable bonds is 8. The van der Waals surface area contributed by atoms with Crippen molar-refractivity contribution in [1.29, 1.82) is 0 Å². The Bertz CT molecular complexity index is 622. The SMILES string of the molecule is CCCN(CCC)[C@@H](C(=O)Nc1ccc(Cl)cc1)c1ccccc1. The molecule has 0 bridgehead atoms. The number of benzene rings is 2. The number of nitrogens with one attached hydrogen (secondary N) is 1. The Morgan fingerprint density at radius 3 is 2.12 bits per heavy atom. The molecule has 0 heterocycles. The van der Waals surface area contributed by atoms with Crippen molar-refractivity contribution in [3.05, 3.63) is 65.2 Å². The third-order valence-corrected chi connectivity index (χ3v) is 4.11. The van der Waals surface area contributed by atoms with Crippen LogP contribution in [0.5, 0.6) is 0 Å². The Labute approximate surface area is 149 Å². The number of nitrogens with zero attached hydrogens (tertiary/aromatic N) is 1. The fraction of sp³-hybridized carbons (Fsp3) is 0.350. The van der Waals surface area contributed by atoms with Crippen LogP contribution in [0.2, 0.25) is 5.02 Å². The molecule has 0 aromatic heterocycles. The zero-order valence-electron chi connectivity index (χ0n) is 14.3. The maximum atomic E-state index is 13.0. The Morgan fingerprint density at radius 1 is 1.00 bits per heavy atom. The molecular weight excluding hydrogens is 320 g/mol. The van der Waals surface area contributed by atoms with Crippen molar-refractivity contribution in [2.45, 2.75) is 32.7 Å². The molecular formula is C20H25ClN2O. The lowest BCUT2D eigenvalue weighted by atomic mass is 10.0. The van der Waals surface area contributed by atoms with Gasteiger partial charge in [0, 0.05) is 10.7 Å². The molecule has 0 saturated carbocycles. The number of anilines is 1. The van der Waals surface area contributed by atoms with Crippen molar-refractivity contribution >= 4 is 23.2 Å². The van der Waals surface area contributed by atoms with Crippen molar-refractivity contribution < 1.29 is 4.79 Å². The molecule has 0 fully saturated rings.